The third kappa shape index (κ3) is 1.90. The molecule has 3 heteroatoms. The minimum absolute atomic E-state index is 0.190. The van der Waals surface area contributed by atoms with Gasteiger partial charge in [-0.25, -0.2) is 0 Å². The molecule has 0 saturated heterocycles. The summed E-state index contributed by atoms with van der Waals surface area (Å²) in [5, 5.41) is 3.87. The van der Waals surface area contributed by atoms with E-state index in [2.05, 4.69) is 5.32 Å². The van der Waals surface area contributed by atoms with E-state index in [-0.39, 0.29) is 5.78 Å². The molecule has 1 heterocycles. The maximum Gasteiger partial charge on any atom is 0.165 e. The second kappa shape index (κ2) is 4.01. The lowest BCUT2D eigenvalue weighted by molar-refractivity contribution is 0.0979. The second-order valence-corrected chi connectivity index (χ2v) is 3.93. The van der Waals surface area contributed by atoms with Crippen molar-refractivity contribution in [1.29, 1.82) is 0 Å². The summed E-state index contributed by atoms with van der Waals surface area (Å²) in [5.74, 6) is 0.190. The minimum atomic E-state index is 0.190. The summed E-state index contributed by atoms with van der Waals surface area (Å²) < 4.78 is 0. The number of Topliss-reactive ketones (excluding diaryl/α,β-unsaturated/α-hetero) is 1. The SMILES string of the molecule is O=C1CCCCNc2ccc(Cl)cc21. The summed E-state index contributed by atoms with van der Waals surface area (Å²) in [5.41, 5.74) is 1.65. The first-order valence-corrected chi connectivity index (χ1v) is 5.22. The highest BCUT2D eigenvalue weighted by Crippen LogP contribution is 2.24. The first-order valence-electron chi connectivity index (χ1n) is 4.84. The molecule has 0 saturated carbocycles. The van der Waals surface area contributed by atoms with Crippen LogP contribution in [0, 0.1) is 0 Å². The Kier molecular flexibility index (Phi) is 2.73. The molecule has 0 radical (unpaired) electrons. The normalized spacial score (nSPS) is 16.5. The average molecular weight is 210 g/mol. The molecule has 0 atom stereocenters. The number of ketones is 1. The van der Waals surface area contributed by atoms with Crippen LogP contribution in [0.2, 0.25) is 5.02 Å². The molecule has 1 aromatic carbocycles. The Morgan fingerprint density at radius 2 is 2.14 bits per heavy atom. The molecule has 0 spiro atoms. The fraction of sp³-hybridized carbons (Fsp3) is 0.364. The van der Waals surface area contributed by atoms with Gasteiger partial charge in [-0.1, -0.05) is 11.6 Å². The Balaban J connectivity index is 2.41. The number of fused-ring (bicyclic) bond motifs is 1. The van der Waals surface area contributed by atoms with Gasteiger partial charge in [0.15, 0.2) is 5.78 Å². The van der Waals surface area contributed by atoms with Crippen LogP contribution in [-0.2, 0) is 0 Å². The number of carbonyl (C=O) groups is 1. The Morgan fingerprint density at radius 3 is 3.00 bits per heavy atom. The predicted molar refractivity (Wildman–Crippen MR) is 58.1 cm³/mol. The molecule has 0 amide bonds. The Bertz CT molecular complexity index is 362. The van der Waals surface area contributed by atoms with Crippen molar-refractivity contribution in [2.75, 3.05) is 11.9 Å². The molecule has 0 unspecified atom stereocenters. The van der Waals surface area contributed by atoms with Gasteiger partial charge in [0.05, 0.1) is 0 Å². The van der Waals surface area contributed by atoms with Crippen molar-refractivity contribution in [3.8, 4) is 0 Å². The number of anilines is 1. The topological polar surface area (TPSA) is 29.1 Å². The molecule has 74 valence electrons. The molecule has 1 aliphatic heterocycles. The van der Waals surface area contributed by atoms with Crippen molar-refractivity contribution in [2.45, 2.75) is 19.3 Å². The van der Waals surface area contributed by atoms with Crippen LogP contribution >= 0.6 is 11.6 Å². The van der Waals surface area contributed by atoms with Crippen LogP contribution in [0.25, 0.3) is 0 Å². The van der Waals surface area contributed by atoms with E-state index in [4.69, 9.17) is 11.6 Å². The van der Waals surface area contributed by atoms with E-state index in [1.807, 2.05) is 12.1 Å². The van der Waals surface area contributed by atoms with Gasteiger partial charge >= 0.3 is 0 Å². The molecular weight excluding hydrogens is 198 g/mol. The molecule has 2 nitrogen and oxygen atoms in total. The number of rotatable bonds is 0. The fourth-order valence-corrected chi connectivity index (χ4v) is 1.84. The van der Waals surface area contributed by atoms with Gasteiger partial charge in [-0.3, -0.25) is 4.79 Å². The quantitative estimate of drug-likeness (QED) is 0.712. The zero-order valence-electron chi connectivity index (χ0n) is 7.85. The molecule has 14 heavy (non-hydrogen) atoms. The smallest absolute Gasteiger partial charge is 0.165 e. The lowest BCUT2D eigenvalue weighted by atomic mass is 10.0. The summed E-state index contributed by atoms with van der Waals surface area (Å²) in [6.07, 6.45) is 2.64. The van der Waals surface area contributed by atoms with Crippen LogP contribution < -0.4 is 5.32 Å². The molecule has 1 N–H and O–H groups in total. The molecule has 0 fully saturated rings. The number of carbonyl (C=O) groups excluding carboxylic acids is 1. The largest absolute Gasteiger partial charge is 0.384 e. The lowest BCUT2D eigenvalue weighted by Crippen LogP contribution is -2.12. The number of halogens is 1. The Hall–Kier alpha value is -1.02. The second-order valence-electron chi connectivity index (χ2n) is 3.50. The molecule has 0 aromatic heterocycles. The van der Waals surface area contributed by atoms with Crippen molar-refractivity contribution in [2.24, 2.45) is 0 Å². The van der Waals surface area contributed by atoms with Crippen LogP contribution in [0.1, 0.15) is 29.6 Å². The number of hydrogen-bond acceptors (Lipinski definition) is 2. The standard InChI is InChI=1S/C11H12ClNO/c12-8-4-5-10-9(7-8)11(14)3-1-2-6-13-10/h4-5,7,13H,1-3,6H2. The zero-order valence-corrected chi connectivity index (χ0v) is 8.60. The van der Waals surface area contributed by atoms with Gasteiger partial charge in [0.2, 0.25) is 0 Å². The van der Waals surface area contributed by atoms with Crippen LogP contribution in [0.4, 0.5) is 5.69 Å². The average Bonchev–Trinajstić information content (AvgIpc) is 2.16. The summed E-state index contributed by atoms with van der Waals surface area (Å²) in [4.78, 5) is 11.7. The van der Waals surface area contributed by atoms with E-state index in [0.717, 1.165) is 30.6 Å². The highest BCUT2D eigenvalue weighted by Gasteiger charge is 2.13. The van der Waals surface area contributed by atoms with E-state index in [1.165, 1.54) is 0 Å². The molecule has 2 rings (SSSR count). The van der Waals surface area contributed by atoms with Gasteiger partial charge in [0.1, 0.15) is 0 Å². The minimum Gasteiger partial charge on any atom is -0.384 e. The lowest BCUT2D eigenvalue weighted by Gasteiger charge is -2.14. The van der Waals surface area contributed by atoms with Crippen LogP contribution in [0.5, 0.6) is 0 Å². The maximum atomic E-state index is 11.7. The third-order valence-corrected chi connectivity index (χ3v) is 2.66. The number of benzene rings is 1. The van der Waals surface area contributed by atoms with Crippen LogP contribution in [-0.4, -0.2) is 12.3 Å². The first kappa shape index (κ1) is 9.53. The summed E-state index contributed by atoms with van der Waals surface area (Å²) >= 11 is 5.86. The molecule has 1 aromatic rings. The number of nitrogens with one attached hydrogen (secondary N) is 1. The first-order chi connectivity index (χ1) is 6.77. The Morgan fingerprint density at radius 1 is 1.29 bits per heavy atom. The monoisotopic (exact) mass is 209 g/mol. The highest BCUT2D eigenvalue weighted by molar-refractivity contribution is 6.31. The summed E-state index contributed by atoms with van der Waals surface area (Å²) in [6, 6.07) is 5.43. The third-order valence-electron chi connectivity index (χ3n) is 2.43. The Labute approximate surface area is 88.3 Å². The van der Waals surface area contributed by atoms with Gasteiger partial charge in [-0.2, -0.15) is 0 Å². The van der Waals surface area contributed by atoms with E-state index in [0.29, 0.717) is 11.4 Å². The molecule has 0 aliphatic carbocycles. The van der Waals surface area contributed by atoms with E-state index < -0.39 is 0 Å². The van der Waals surface area contributed by atoms with Crippen molar-refractivity contribution >= 4 is 23.1 Å². The fourth-order valence-electron chi connectivity index (χ4n) is 1.67. The van der Waals surface area contributed by atoms with E-state index in [1.54, 1.807) is 6.07 Å². The van der Waals surface area contributed by atoms with Crippen LogP contribution in [0.3, 0.4) is 0 Å². The van der Waals surface area contributed by atoms with Crippen molar-refractivity contribution < 1.29 is 4.79 Å². The van der Waals surface area contributed by atoms with Gasteiger partial charge in [0.25, 0.3) is 0 Å². The number of hydrogen-bond donors (Lipinski definition) is 1. The van der Waals surface area contributed by atoms with Gasteiger partial charge in [0, 0.05) is 29.2 Å². The predicted octanol–water partition coefficient (Wildman–Crippen LogP) is 3.12. The summed E-state index contributed by atoms with van der Waals surface area (Å²) in [7, 11) is 0. The van der Waals surface area contributed by atoms with Crippen LogP contribution in [0.15, 0.2) is 18.2 Å². The highest BCUT2D eigenvalue weighted by atomic mass is 35.5. The van der Waals surface area contributed by atoms with Crippen molar-refractivity contribution in [1.82, 2.24) is 0 Å². The zero-order chi connectivity index (χ0) is 9.97. The molecule has 1 aliphatic rings. The van der Waals surface area contributed by atoms with Gasteiger partial charge < -0.3 is 5.32 Å². The molecule has 0 bridgehead atoms. The van der Waals surface area contributed by atoms with Crippen molar-refractivity contribution in [3.63, 3.8) is 0 Å². The maximum absolute atomic E-state index is 11.7. The molecular formula is C11H12ClNO. The van der Waals surface area contributed by atoms with Gasteiger partial charge in [-0.05, 0) is 31.0 Å². The summed E-state index contributed by atoms with van der Waals surface area (Å²) in [6.45, 7) is 0.932. The van der Waals surface area contributed by atoms with Crippen molar-refractivity contribution in [3.05, 3.63) is 28.8 Å². The van der Waals surface area contributed by atoms with E-state index >= 15 is 0 Å². The van der Waals surface area contributed by atoms with Gasteiger partial charge in [-0.15, -0.1) is 0 Å². The van der Waals surface area contributed by atoms with E-state index in [9.17, 15) is 4.79 Å².